The first-order valence-corrected chi connectivity index (χ1v) is 7.14. The highest BCUT2D eigenvalue weighted by Crippen LogP contribution is 2.22. The van der Waals surface area contributed by atoms with Crippen LogP contribution in [0.4, 0.5) is 5.69 Å². The second-order valence-corrected chi connectivity index (χ2v) is 5.46. The SMILES string of the molecule is Cc1cc(C)cc(O[C@H](C)C(=O)Nc2ccccc2Cl)c1. The molecular weight excluding hydrogens is 286 g/mol. The topological polar surface area (TPSA) is 38.3 Å². The van der Waals surface area contributed by atoms with Crippen LogP contribution in [0.25, 0.3) is 0 Å². The van der Waals surface area contributed by atoms with E-state index < -0.39 is 6.10 Å². The summed E-state index contributed by atoms with van der Waals surface area (Å²) in [6, 6.07) is 13.0. The lowest BCUT2D eigenvalue weighted by atomic mass is 10.1. The zero-order chi connectivity index (χ0) is 15.4. The molecule has 0 unspecified atom stereocenters. The molecule has 0 aromatic heterocycles. The van der Waals surface area contributed by atoms with Crippen LogP contribution in [-0.4, -0.2) is 12.0 Å². The first-order chi connectivity index (χ1) is 9.95. The highest BCUT2D eigenvalue weighted by atomic mass is 35.5. The fraction of sp³-hybridized carbons (Fsp3) is 0.235. The average Bonchev–Trinajstić information content (AvgIpc) is 2.40. The van der Waals surface area contributed by atoms with Crippen molar-refractivity contribution in [2.45, 2.75) is 26.9 Å². The average molecular weight is 304 g/mol. The van der Waals surface area contributed by atoms with E-state index in [1.54, 1.807) is 19.1 Å². The molecule has 0 aliphatic heterocycles. The minimum atomic E-state index is -0.609. The van der Waals surface area contributed by atoms with Crippen molar-refractivity contribution in [3.8, 4) is 5.75 Å². The first kappa shape index (κ1) is 15.4. The van der Waals surface area contributed by atoms with Crippen molar-refractivity contribution in [2.75, 3.05) is 5.32 Å². The molecule has 0 spiro atoms. The van der Waals surface area contributed by atoms with Gasteiger partial charge in [-0.15, -0.1) is 0 Å². The number of ether oxygens (including phenoxy) is 1. The number of aryl methyl sites for hydroxylation is 2. The molecule has 2 rings (SSSR count). The van der Waals surface area contributed by atoms with Crippen LogP contribution in [0.15, 0.2) is 42.5 Å². The Morgan fingerprint density at radius 2 is 1.76 bits per heavy atom. The molecule has 0 aliphatic carbocycles. The smallest absolute Gasteiger partial charge is 0.265 e. The van der Waals surface area contributed by atoms with Crippen LogP contribution in [0, 0.1) is 13.8 Å². The van der Waals surface area contributed by atoms with Crippen LogP contribution in [0.3, 0.4) is 0 Å². The Hall–Kier alpha value is -2.00. The Balaban J connectivity index is 2.04. The molecule has 0 bridgehead atoms. The zero-order valence-corrected chi connectivity index (χ0v) is 13.1. The Kier molecular flexibility index (Phi) is 4.86. The van der Waals surface area contributed by atoms with Crippen molar-refractivity contribution in [3.05, 3.63) is 58.6 Å². The van der Waals surface area contributed by atoms with Crippen molar-refractivity contribution >= 4 is 23.2 Å². The molecule has 0 saturated carbocycles. The standard InChI is InChI=1S/C17H18ClNO2/c1-11-8-12(2)10-14(9-11)21-13(3)17(20)19-16-7-5-4-6-15(16)18/h4-10,13H,1-3H3,(H,19,20)/t13-/m1/s1. The minimum Gasteiger partial charge on any atom is -0.481 e. The number of hydrogen-bond donors (Lipinski definition) is 1. The predicted molar refractivity (Wildman–Crippen MR) is 86.1 cm³/mol. The summed E-state index contributed by atoms with van der Waals surface area (Å²) in [5.41, 5.74) is 2.78. The van der Waals surface area contributed by atoms with Crippen LogP contribution in [0.1, 0.15) is 18.1 Å². The summed E-state index contributed by atoms with van der Waals surface area (Å²) in [7, 11) is 0. The number of carbonyl (C=O) groups excluding carboxylic acids is 1. The molecule has 4 heteroatoms. The van der Waals surface area contributed by atoms with E-state index in [1.807, 2.05) is 38.1 Å². The monoisotopic (exact) mass is 303 g/mol. The number of halogens is 1. The molecule has 0 fully saturated rings. The molecule has 0 saturated heterocycles. The maximum absolute atomic E-state index is 12.1. The Morgan fingerprint density at radius 1 is 1.14 bits per heavy atom. The van der Waals surface area contributed by atoms with E-state index in [0.717, 1.165) is 11.1 Å². The summed E-state index contributed by atoms with van der Waals surface area (Å²) in [4.78, 5) is 12.1. The molecule has 0 heterocycles. The van der Waals surface area contributed by atoms with Gasteiger partial charge in [0.15, 0.2) is 6.10 Å². The van der Waals surface area contributed by atoms with E-state index in [-0.39, 0.29) is 5.91 Å². The molecule has 1 amide bonds. The Labute approximate surface area is 129 Å². The molecule has 1 atom stereocenters. The fourth-order valence-corrected chi connectivity index (χ4v) is 2.24. The number of benzene rings is 2. The van der Waals surface area contributed by atoms with Gasteiger partial charge in [-0.3, -0.25) is 4.79 Å². The van der Waals surface area contributed by atoms with Gasteiger partial charge in [0.1, 0.15) is 5.75 Å². The number of hydrogen-bond acceptors (Lipinski definition) is 2. The van der Waals surface area contributed by atoms with Gasteiger partial charge in [-0.1, -0.05) is 29.8 Å². The van der Waals surface area contributed by atoms with Crippen LogP contribution in [0.2, 0.25) is 5.02 Å². The lowest BCUT2D eigenvalue weighted by Gasteiger charge is -2.16. The van der Waals surface area contributed by atoms with Crippen LogP contribution < -0.4 is 10.1 Å². The van der Waals surface area contributed by atoms with Crippen LogP contribution in [-0.2, 0) is 4.79 Å². The first-order valence-electron chi connectivity index (χ1n) is 6.76. The van der Waals surface area contributed by atoms with E-state index in [9.17, 15) is 4.79 Å². The molecule has 1 N–H and O–H groups in total. The van der Waals surface area contributed by atoms with Gasteiger partial charge in [0.05, 0.1) is 10.7 Å². The number of rotatable bonds is 4. The lowest BCUT2D eigenvalue weighted by Crippen LogP contribution is -2.30. The maximum Gasteiger partial charge on any atom is 0.265 e. The van der Waals surface area contributed by atoms with Gasteiger partial charge in [-0.2, -0.15) is 0 Å². The molecular formula is C17H18ClNO2. The summed E-state index contributed by atoms with van der Waals surface area (Å²) in [6.45, 7) is 5.70. The fourth-order valence-electron chi connectivity index (χ4n) is 2.06. The summed E-state index contributed by atoms with van der Waals surface area (Å²) >= 11 is 6.02. The number of anilines is 1. The lowest BCUT2D eigenvalue weighted by molar-refractivity contribution is -0.122. The summed E-state index contributed by atoms with van der Waals surface area (Å²) < 4.78 is 5.69. The quantitative estimate of drug-likeness (QED) is 0.911. The third-order valence-corrected chi connectivity index (χ3v) is 3.34. The largest absolute Gasteiger partial charge is 0.481 e. The number of carbonyl (C=O) groups is 1. The van der Waals surface area contributed by atoms with Crippen molar-refractivity contribution in [2.24, 2.45) is 0 Å². The molecule has 110 valence electrons. The van der Waals surface area contributed by atoms with Crippen LogP contribution in [0.5, 0.6) is 5.75 Å². The van der Waals surface area contributed by atoms with Gasteiger partial charge in [-0.25, -0.2) is 0 Å². The van der Waals surface area contributed by atoms with Gasteiger partial charge < -0.3 is 10.1 Å². The van der Waals surface area contributed by atoms with Crippen molar-refractivity contribution in [1.82, 2.24) is 0 Å². The van der Waals surface area contributed by atoms with E-state index in [1.165, 1.54) is 0 Å². The molecule has 0 radical (unpaired) electrons. The van der Waals surface area contributed by atoms with Crippen molar-refractivity contribution in [3.63, 3.8) is 0 Å². The van der Waals surface area contributed by atoms with Crippen molar-refractivity contribution < 1.29 is 9.53 Å². The van der Waals surface area contributed by atoms with E-state index in [4.69, 9.17) is 16.3 Å². The minimum absolute atomic E-state index is 0.234. The molecule has 3 nitrogen and oxygen atoms in total. The number of nitrogens with one attached hydrogen (secondary N) is 1. The third-order valence-electron chi connectivity index (χ3n) is 3.01. The number of amides is 1. The Morgan fingerprint density at radius 3 is 2.38 bits per heavy atom. The molecule has 2 aromatic rings. The van der Waals surface area contributed by atoms with Crippen LogP contribution >= 0.6 is 11.6 Å². The summed E-state index contributed by atoms with van der Waals surface area (Å²) in [5, 5.41) is 3.27. The normalized spacial score (nSPS) is 11.8. The Bertz CT molecular complexity index is 635. The second kappa shape index (κ2) is 6.64. The summed E-state index contributed by atoms with van der Waals surface area (Å²) in [6.07, 6.45) is -0.609. The third kappa shape index (κ3) is 4.23. The van der Waals surface area contributed by atoms with Gasteiger partial charge in [0.2, 0.25) is 0 Å². The van der Waals surface area contributed by atoms with Gasteiger partial charge >= 0.3 is 0 Å². The van der Waals surface area contributed by atoms with E-state index >= 15 is 0 Å². The molecule has 0 aliphatic rings. The maximum atomic E-state index is 12.1. The van der Waals surface area contributed by atoms with Gasteiger partial charge in [0, 0.05) is 0 Å². The zero-order valence-electron chi connectivity index (χ0n) is 12.3. The molecule has 21 heavy (non-hydrogen) atoms. The van der Waals surface area contributed by atoms with Gasteiger partial charge in [-0.05, 0) is 56.2 Å². The molecule has 2 aromatic carbocycles. The van der Waals surface area contributed by atoms with E-state index in [0.29, 0.717) is 16.5 Å². The van der Waals surface area contributed by atoms with Gasteiger partial charge in [0.25, 0.3) is 5.91 Å². The number of para-hydroxylation sites is 1. The highest BCUT2D eigenvalue weighted by molar-refractivity contribution is 6.33. The van der Waals surface area contributed by atoms with Crippen molar-refractivity contribution in [1.29, 1.82) is 0 Å². The van der Waals surface area contributed by atoms with E-state index in [2.05, 4.69) is 11.4 Å². The summed E-state index contributed by atoms with van der Waals surface area (Å²) in [5.74, 6) is 0.455. The predicted octanol–water partition coefficient (Wildman–Crippen LogP) is 4.36. The second-order valence-electron chi connectivity index (χ2n) is 5.05. The highest BCUT2D eigenvalue weighted by Gasteiger charge is 2.16.